The van der Waals surface area contributed by atoms with Gasteiger partial charge in [0.25, 0.3) is 0 Å². The van der Waals surface area contributed by atoms with Gasteiger partial charge in [0.05, 0.1) is 10.5 Å². The molecule has 1 fully saturated rings. The highest BCUT2D eigenvalue weighted by Crippen LogP contribution is 2.22. The number of ether oxygens (including phenoxy) is 1. The summed E-state index contributed by atoms with van der Waals surface area (Å²) < 4.78 is 34.7. The minimum absolute atomic E-state index is 0.0631. The standard InChI is InChI=1S/C24H30N2O5S/c1-4-12-26-18(2)15-22(19(26)3)23(27)17-31-24(28)20-10-9-11-21(16-20)32(29,30)25-13-7-5-6-8-14-25/h4,9-11,15-16H,1,5-8,12-14,17H2,2-3H3. The minimum Gasteiger partial charge on any atom is -0.454 e. The molecule has 172 valence electrons. The fraction of sp³-hybridized carbons (Fsp3) is 0.417. The predicted molar refractivity (Wildman–Crippen MR) is 122 cm³/mol. The number of allylic oxidation sites excluding steroid dienone is 1. The molecule has 0 unspecified atom stereocenters. The summed E-state index contributed by atoms with van der Waals surface area (Å²) >= 11 is 0. The molecule has 1 aromatic heterocycles. The summed E-state index contributed by atoms with van der Waals surface area (Å²) in [6, 6.07) is 7.58. The molecule has 0 aliphatic carbocycles. The second kappa shape index (κ2) is 10.3. The molecule has 0 atom stereocenters. The van der Waals surface area contributed by atoms with Gasteiger partial charge in [-0.2, -0.15) is 4.31 Å². The Balaban J connectivity index is 1.70. The SMILES string of the molecule is C=CCn1c(C)cc(C(=O)COC(=O)c2cccc(S(=O)(=O)N3CCCCCC3)c2)c1C. The van der Waals surface area contributed by atoms with E-state index in [1.54, 1.807) is 12.1 Å². The lowest BCUT2D eigenvalue weighted by Gasteiger charge is -2.20. The number of sulfonamides is 1. The number of esters is 1. The molecular weight excluding hydrogens is 428 g/mol. The van der Waals surface area contributed by atoms with Gasteiger partial charge in [-0.25, -0.2) is 13.2 Å². The van der Waals surface area contributed by atoms with Gasteiger partial charge in [-0.05, 0) is 51.0 Å². The van der Waals surface area contributed by atoms with Crippen LogP contribution in [0.25, 0.3) is 0 Å². The monoisotopic (exact) mass is 458 g/mol. The van der Waals surface area contributed by atoms with Crippen LogP contribution < -0.4 is 0 Å². The number of benzene rings is 1. The number of ketones is 1. The van der Waals surface area contributed by atoms with Gasteiger partial charge in [-0.1, -0.05) is 25.0 Å². The van der Waals surface area contributed by atoms with Crippen molar-refractivity contribution >= 4 is 21.8 Å². The Bertz CT molecular complexity index is 1110. The molecule has 7 nitrogen and oxygen atoms in total. The van der Waals surface area contributed by atoms with Gasteiger partial charge in [0.15, 0.2) is 6.61 Å². The first-order valence-electron chi connectivity index (χ1n) is 10.8. The smallest absolute Gasteiger partial charge is 0.338 e. The van der Waals surface area contributed by atoms with E-state index in [4.69, 9.17) is 4.74 Å². The Morgan fingerprint density at radius 2 is 1.78 bits per heavy atom. The van der Waals surface area contributed by atoms with Crippen LogP contribution in [0.3, 0.4) is 0 Å². The molecule has 0 N–H and O–H groups in total. The lowest BCUT2D eigenvalue weighted by atomic mass is 10.1. The Hall–Kier alpha value is -2.71. The first kappa shape index (κ1) is 23.9. The average Bonchev–Trinajstić information content (AvgIpc) is 2.97. The number of aromatic nitrogens is 1. The maximum absolute atomic E-state index is 13.0. The number of rotatable bonds is 8. The molecule has 3 rings (SSSR count). The third-order valence-electron chi connectivity index (χ3n) is 5.79. The topological polar surface area (TPSA) is 85.7 Å². The molecule has 2 aromatic rings. The Morgan fingerprint density at radius 3 is 2.44 bits per heavy atom. The van der Waals surface area contributed by atoms with Crippen molar-refractivity contribution < 1.29 is 22.7 Å². The summed E-state index contributed by atoms with van der Waals surface area (Å²) in [4.78, 5) is 25.2. The van der Waals surface area contributed by atoms with Crippen LogP contribution in [0, 0.1) is 13.8 Å². The minimum atomic E-state index is -3.68. The molecule has 0 spiro atoms. The lowest BCUT2D eigenvalue weighted by Crippen LogP contribution is -2.32. The zero-order valence-electron chi connectivity index (χ0n) is 18.7. The summed E-state index contributed by atoms with van der Waals surface area (Å²) in [6.45, 7) is 8.59. The summed E-state index contributed by atoms with van der Waals surface area (Å²) in [6.07, 6.45) is 5.44. The third-order valence-corrected chi connectivity index (χ3v) is 7.69. The summed E-state index contributed by atoms with van der Waals surface area (Å²) in [5.74, 6) is -1.04. The Kier molecular flexibility index (Phi) is 7.69. The molecule has 8 heteroatoms. The van der Waals surface area contributed by atoms with E-state index >= 15 is 0 Å². The number of hydrogen-bond acceptors (Lipinski definition) is 5. The van der Waals surface area contributed by atoms with Gasteiger partial charge >= 0.3 is 5.97 Å². The molecule has 2 heterocycles. The van der Waals surface area contributed by atoms with Crippen molar-refractivity contribution in [1.82, 2.24) is 8.87 Å². The zero-order valence-corrected chi connectivity index (χ0v) is 19.5. The molecule has 0 bridgehead atoms. The fourth-order valence-electron chi connectivity index (χ4n) is 4.00. The lowest BCUT2D eigenvalue weighted by molar-refractivity contribution is 0.0474. The molecule has 1 aliphatic heterocycles. The molecule has 1 aliphatic rings. The van der Waals surface area contributed by atoms with E-state index in [1.807, 2.05) is 18.4 Å². The molecule has 0 amide bonds. The van der Waals surface area contributed by atoms with Crippen LogP contribution in [0.1, 0.15) is 57.8 Å². The highest BCUT2D eigenvalue weighted by atomic mass is 32.2. The fourth-order valence-corrected chi connectivity index (χ4v) is 5.56. The van der Waals surface area contributed by atoms with Gasteiger partial charge in [-0.15, -0.1) is 6.58 Å². The van der Waals surface area contributed by atoms with Gasteiger partial charge < -0.3 is 9.30 Å². The highest BCUT2D eigenvalue weighted by molar-refractivity contribution is 7.89. The van der Waals surface area contributed by atoms with E-state index in [-0.39, 0.29) is 16.2 Å². The van der Waals surface area contributed by atoms with Crippen molar-refractivity contribution in [2.75, 3.05) is 19.7 Å². The van der Waals surface area contributed by atoms with Crippen molar-refractivity contribution in [2.45, 2.75) is 51.0 Å². The summed E-state index contributed by atoms with van der Waals surface area (Å²) in [5.41, 5.74) is 2.30. The first-order chi connectivity index (χ1) is 15.3. The quantitative estimate of drug-likeness (QED) is 0.340. The van der Waals surface area contributed by atoms with Crippen LogP contribution in [0.2, 0.25) is 0 Å². The van der Waals surface area contributed by atoms with Crippen molar-refractivity contribution in [3.63, 3.8) is 0 Å². The number of Topliss-reactive ketones (excluding diaryl/α,β-unsaturated/α-hetero) is 1. The van der Waals surface area contributed by atoms with Gasteiger partial charge in [0.1, 0.15) is 0 Å². The zero-order chi connectivity index (χ0) is 23.3. The van der Waals surface area contributed by atoms with Crippen molar-refractivity contribution in [3.05, 3.63) is 65.5 Å². The van der Waals surface area contributed by atoms with Gasteiger partial charge in [-0.3, -0.25) is 4.79 Å². The third kappa shape index (κ3) is 5.19. The average molecular weight is 459 g/mol. The van der Waals surface area contributed by atoms with Crippen molar-refractivity contribution in [2.24, 2.45) is 0 Å². The molecular formula is C24H30N2O5S. The highest BCUT2D eigenvalue weighted by Gasteiger charge is 2.26. The number of carbonyl (C=O) groups is 2. The molecule has 0 saturated carbocycles. The van der Waals surface area contributed by atoms with Crippen LogP contribution in [0.5, 0.6) is 0 Å². The Morgan fingerprint density at radius 1 is 1.09 bits per heavy atom. The molecule has 0 radical (unpaired) electrons. The van der Waals surface area contributed by atoms with Gasteiger partial charge in [0.2, 0.25) is 15.8 Å². The van der Waals surface area contributed by atoms with E-state index in [0.717, 1.165) is 37.1 Å². The van der Waals surface area contributed by atoms with Crippen molar-refractivity contribution in [1.29, 1.82) is 0 Å². The molecule has 32 heavy (non-hydrogen) atoms. The maximum Gasteiger partial charge on any atom is 0.338 e. The summed E-state index contributed by atoms with van der Waals surface area (Å²) in [5, 5.41) is 0. The number of carbonyl (C=O) groups excluding carboxylic acids is 2. The second-order valence-electron chi connectivity index (χ2n) is 8.03. The predicted octanol–water partition coefficient (Wildman–Crippen LogP) is 3.90. The number of aryl methyl sites for hydroxylation is 1. The number of hydrogen-bond donors (Lipinski definition) is 0. The normalized spacial score (nSPS) is 15.2. The summed E-state index contributed by atoms with van der Waals surface area (Å²) in [7, 11) is -3.68. The van der Waals surface area contributed by atoms with E-state index in [9.17, 15) is 18.0 Å². The van der Waals surface area contributed by atoms with Crippen LogP contribution in [-0.2, 0) is 21.3 Å². The largest absolute Gasteiger partial charge is 0.454 e. The Labute approximate surface area is 189 Å². The van der Waals surface area contributed by atoms with E-state index in [1.165, 1.54) is 28.6 Å². The van der Waals surface area contributed by atoms with E-state index < -0.39 is 22.6 Å². The molecule has 1 aromatic carbocycles. The maximum atomic E-state index is 13.0. The van der Waals surface area contributed by atoms with Crippen molar-refractivity contribution in [3.8, 4) is 0 Å². The number of nitrogens with zero attached hydrogens (tertiary/aromatic N) is 2. The van der Waals surface area contributed by atoms with Crippen LogP contribution >= 0.6 is 0 Å². The van der Waals surface area contributed by atoms with Crippen LogP contribution in [-0.4, -0.2) is 48.7 Å². The molecule has 1 saturated heterocycles. The second-order valence-corrected chi connectivity index (χ2v) is 9.97. The van der Waals surface area contributed by atoms with Crippen LogP contribution in [0.15, 0.2) is 47.9 Å². The van der Waals surface area contributed by atoms with E-state index in [0.29, 0.717) is 25.2 Å². The van der Waals surface area contributed by atoms with E-state index in [2.05, 4.69) is 6.58 Å². The van der Waals surface area contributed by atoms with Crippen LogP contribution in [0.4, 0.5) is 0 Å². The van der Waals surface area contributed by atoms with Gasteiger partial charge in [0, 0.05) is 36.6 Å². The first-order valence-corrected chi connectivity index (χ1v) is 12.3.